The van der Waals surface area contributed by atoms with Crippen molar-refractivity contribution in [1.29, 1.82) is 0 Å². The van der Waals surface area contributed by atoms with E-state index in [0.29, 0.717) is 22.3 Å². The van der Waals surface area contributed by atoms with E-state index >= 15 is 0 Å². The summed E-state index contributed by atoms with van der Waals surface area (Å²) in [6.45, 7) is 0. The predicted octanol–water partition coefficient (Wildman–Crippen LogP) is 1.25. The van der Waals surface area contributed by atoms with Crippen LogP contribution in [0.1, 0.15) is 5.69 Å². The van der Waals surface area contributed by atoms with Gasteiger partial charge in [-0.2, -0.15) is 0 Å². The first kappa shape index (κ1) is 12.2. The largest absolute Gasteiger partial charge is 0.495 e. The molecule has 0 saturated carbocycles. The molecule has 1 N–H and O–H groups in total. The van der Waals surface area contributed by atoms with Crippen molar-refractivity contribution in [3.8, 4) is 5.75 Å². The maximum atomic E-state index is 11.9. The van der Waals surface area contributed by atoms with Gasteiger partial charge in [0, 0.05) is 17.1 Å². The van der Waals surface area contributed by atoms with Crippen molar-refractivity contribution in [2.24, 2.45) is 0 Å². The summed E-state index contributed by atoms with van der Waals surface area (Å²) in [6.07, 6.45) is 0.0275. The number of pyridine rings is 1. The van der Waals surface area contributed by atoms with Crippen molar-refractivity contribution in [2.75, 3.05) is 14.2 Å². The van der Waals surface area contributed by atoms with Gasteiger partial charge < -0.3 is 14.5 Å². The number of fused-ring (bicyclic) bond motifs is 1. The van der Waals surface area contributed by atoms with E-state index in [0.717, 1.165) is 0 Å². The molecular formula is C13H13NO4. The van der Waals surface area contributed by atoms with Crippen LogP contribution < -0.4 is 10.2 Å². The van der Waals surface area contributed by atoms with Gasteiger partial charge in [0.15, 0.2) is 5.43 Å². The van der Waals surface area contributed by atoms with Gasteiger partial charge in [0.05, 0.1) is 26.2 Å². The number of aromatic nitrogens is 1. The second-order valence-corrected chi connectivity index (χ2v) is 3.79. The molecule has 0 aliphatic carbocycles. The first-order chi connectivity index (χ1) is 8.65. The van der Waals surface area contributed by atoms with Crippen LogP contribution in [-0.2, 0) is 16.0 Å². The van der Waals surface area contributed by atoms with Crippen LogP contribution in [0, 0.1) is 0 Å². The molecule has 0 aliphatic rings. The zero-order valence-corrected chi connectivity index (χ0v) is 10.1. The third-order valence-corrected chi connectivity index (χ3v) is 2.66. The van der Waals surface area contributed by atoms with Crippen molar-refractivity contribution < 1.29 is 14.3 Å². The highest BCUT2D eigenvalue weighted by Gasteiger charge is 2.09. The minimum absolute atomic E-state index is 0.0275. The molecule has 1 aromatic carbocycles. The molecule has 0 unspecified atom stereocenters. The molecule has 5 heteroatoms. The number of hydrogen-bond acceptors (Lipinski definition) is 4. The highest BCUT2D eigenvalue weighted by atomic mass is 16.5. The molecule has 5 nitrogen and oxygen atoms in total. The van der Waals surface area contributed by atoms with Gasteiger partial charge in [-0.3, -0.25) is 9.59 Å². The summed E-state index contributed by atoms with van der Waals surface area (Å²) >= 11 is 0. The zero-order chi connectivity index (χ0) is 13.1. The molecule has 0 amide bonds. The Morgan fingerprint density at radius 1 is 1.33 bits per heavy atom. The second-order valence-electron chi connectivity index (χ2n) is 3.79. The maximum absolute atomic E-state index is 11.9. The minimum Gasteiger partial charge on any atom is -0.495 e. The molecule has 0 radical (unpaired) electrons. The average molecular weight is 247 g/mol. The summed E-state index contributed by atoms with van der Waals surface area (Å²) < 4.78 is 9.75. The highest BCUT2D eigenvalue weighted by molar-refractivity contribution is 5.85. The van der Waals surface area contributed by atoms with E-state index in [1.54, 1.807) is 18.2 Å². The van der Waals surface area contributed by atoms with Gasteiger partial charge in [0.1, 0.15) is 5.75 Å². The van der Waals surface area contributed by atoms with E-state index in [9.17, 15) is 9.59 Å². The number of hydrogen-bond donors (Lipinski definition) is 1. The van der Waals surface area contributed by atoms with Gasteiger partial charge in [-0.05, 0) is 12.1 Å². The Morgan fingerprint density at radius 2 is 2.11 bits per heavy atom. The number of ether oxygens (including phenoxy) is 2. The Bertz CT molecular complexity index is 645. The molecule has 0 bridgehead atoms. The molecular weight excluding hydrogens is 234 g/mol. The molecule has 1 aromatic heterocycles. The Morgan fingerprint density at radius 3 is 2.78 bits per heavy atom. The van der Waals surface area contributed by atoms with E-state index < -0.39 is 5.97 Å². The summed E-state index contributed by atoms with van der Waals surface area (Å²) in [7, 11) is 2.84. The van der Waals surface area contributed by atoms with Gasteiger partial charge >= 0.3 is 5.97 Å². The first-order valence-corrected chi connectivity index (χ1v) is 5.41. The summed E-state index contributed by atoms with van der Waals surface area (Å²) in [5, 5.41) is 0.531. The molecule has 0 fully saturated rings. The number of carbonyl (C=O) groups excluding carboxylic acids is 1. The van der Waals surface area contributed by atoms with E-state index in [1.165, 1.54) is 20.3 Å². The monoisotopic (exact) mass is 247 g/mol. The number of aromatic amines is 1. The Hall–Kier alpha value is -2.30. The first-order valence-electron chi connectivity index (χ1n) is 5.41. The lowest BCUT2D eigenvalue weighted by Gasteiger charge is -2.07. The molecule has 94 valence electrons. The number of H-pyrrole nitrogens is 1. The van der Waals surface area contributed by atoms with Crippen molar-refractivity contribution in [2.45, 2.75) is 6.42 Å². The van der Waals surface area contributed by atoms with Gasteiger partial charge in [-0.1, -0.05) is 6.07 Å². The van der Waals surface area contributed by atoms with E-state index in [-0.39, 0.29) is 11.8 Å². The van der Waals surface area contributed by atoms with E-state index in [4.69, 9.17) is 4.74 Å². The van der Waals surface area contributed by atoms with Crippen LogP contribution in [0.3, 0.4) is 0 Å². The third kappa shape index (κ3) is 2.20. The molecule has 0 saturated heterocycles. The van der Waals surface area contributed by atoms with Crippen LogP contribution in [0.15, 0.2) is 29.1 Å². The Kier molecular flexibility index (Phi) is 3.32. The van der Waals surface area contributed by atoms with Crippen molar-refractivity contribution in [3.05, 3.63) is 40.2 Å². The fourth-order valence-corrected chi connectivity index (χ4v) is 1.79. The lowest BCUT2D eigenvalue weighted by molar-refractivity contribution is -0.139. The van der Waals surface area contributed by atoms with Gasteiger partial charge in [0.25, 0.3) is 0 Å². The minimum atomic E-state index is -0.403. The van der Waals surface area contributed by atoms with Crippen molar-refractivity contribution in [3.63, 3.8) is 0 Å². The highest BCUT2D eigenvalue weighted by Crippen LogP contribution is 2.21. The Balaban J connectivity index is 2.59. The number of nitrogens with one attached hydrogen (secondary N) is 1. The van der Waals surface area contributed by atoms with E-state index in [1.807, 2.05) is 0 Å². The number of rotatable bonds is 3. The van der Waals surface area contributed by atoms with Crippen LogP contribution in [0.5, 0.6) is 5.75 Å². The average Bonchev–Trinajstić information content (AvgIpc) is 2.38. The van der Waals surface area contributed by atoms with Gasteiger partial charge in [0.2, 0.25) is 0 Å². The smallest absolute Gasteiger partial charge is 0.311 e. The summed E-state index contributed by atoms with van der Waals surface area (Å²) in [5.74, 6) is 0.163. The lowest BCUT2D eigenvalue weighted by Crippen LogP contribution is -2.11. The lowest BCUT2D eigenvalue weighted by atomic mass is 10.1. The molecule has 0 atom stereocenters. The van der Waals surface area contributed by atoms with Crippen molar-refractivity contribution >= 4 is 16.9 Å². The molecule has 2 rings (SSSR count). The SMILES string of the molecule is COC(=O)Cc1cc(=O)c2cccc(OC)c2[nH]1. The molecule has 0 aliphatic heterocycles. The van der Waals surface area contributed by atoms with Crippen LogP contribution >= 0.6 is 0 Å². The molecule has 2 aromatic rings. The van der Waals surface area contributed by atoms with Crippen LogP contribution in [0.4, 0.5) is 0 Å². The Labute approximate surface area is 103 Å². The summed E-state index contributed by atoms with van der Waals surface area (Å²) in [4.78, 5) is 26.1. The fraction of sp³-hybridized carbons (Fsp3) is 0.231. The summed E-state index contributed by atoms with van der Waals surface area (Å²) in [5.41, 5.74) is 0.941. The van der Waals surface area contributed by atoms with Crippen LogP contribution in [-0.4, -0.2) is 25.2 Å². The topological polar surface area (TPSA) is 68.4 Å². The number of para-hydroxylation sites is 1. The van der Waals surface area contributed by atoms with Gasteiger partial charge in [-0.15, -0.1) is 0 Å². The standard InChI is InChI=1S/C13H13NO4/c1-17-11-5-3-4-9-10(15)6-8(14-13(9)11)7-12(16)18-2/h3-6H,7H2,1-2H3,(H,14,15). The maximum Gasteiger partial charge on any atom is 0.311 e. The van der Waals surface area contributed by atoms with Crippen LogP contribution in [0.25, 0.3) is 10.9 Å². The summed E-state index contributed by atoms with van der Waals surface area (Å²) in [6, 6.07) is 6.61. The van der Waals surface area contributed by atoms with E-state index in [2.05, 4.69) is 9.72 Å². The number of methoxy groups -OCH3 is 2. The number of benzene rings is 1. The zero-order valence-electron chi connectivity index (χ0n) is 10.1. The predicted molar refractivity (Wildman–Crippen MR) is 66.8 cm³/mol. The van der Waals surface area contributed by atoms with Crippen molar-refractivity contribution in [1.82, 2.24) is 4.98 Å². The second kappa shape index (κ2) is 4.91. The van der Waals surface area contributed by atoms with Gasteiger partial charge in [-0.25, -0.2) is 0 Å². The normalized spacial score (nSPS) is 10.3. The molecule has 1 heterocycles. The molecule has 0 spiro atoms. The fourth-order valence-electron chi connectivity index (χ4n) is 1.79. The molecule has 18 heavy (non-hydrogen) atoms. The number of esters is 1. The van der Waals surface area contributed by atoms with Crippen LogP contribution in [0.2, 0.25) is 0 Å². The quantitative estimate of drug-likeness (QED) is 0.829. The number of carbonyl (C=O) groups is 1. The third-order valence-electron chi connectivity index (χ3n) is 2.66.